The number of hydrogen-bond acceptors (Lipinski definition) is 1. The first-order chi connectivity index (χ1) is 7.49. The third-order valence-electron chi connectivity index (χ3n) is 3.44. The van der Waals surface area contributed by atoms with Gasteiger partial charge in [0.1, 0.15) is 0 Å². The summed E-state index contributed by atoms with van der Waals surface area (Å²) >= 11 is 0. The van der Waals surface area contributed by atoms with E-state index in [1.807, 2.05) is 0 Å². The van der Waals surface area contributed by atoms with E-state index in [0.717, 1.165) is 12.5 Å². The molecule has 0 aromatic rings. The van der Waals surface area contributed by atoms with E-state index in [2.05, 4.69) is 32.7 Å². The van der Waals surface area contributed by atoms with Crippen LogP contribution < -0.4 is 5.32 Å². The Balaban J connectivity index is 2.33. The highest BCUT2D eigenvalue weighted by Crippen LogP contribution is 2.26. The van der Waals surface area contributed by atoms with Crippen LogP contribution in [-0.4, -0.2) is 6.54 Å². The van der Waals surface area contributed by atoms with Crippen molar-refractivity contribution in [2.45, 2.75) is 65.7 Å². The molecule has 0 aromatic heterocycles. The van der Waals surface area contributed by atoms with E-state index in [9.17, 15) is 0 Å². The molecule has 1 nitrogen and oxygen atoms in total. The molecule has 1 aliphatic carbocycles. The van der Waals surface area contributed by atoms with Crippen LogP contribution in [0.4, 0.5) is 0 Å². The van der Waals surface area contributed by atoms with Crippen LogP contribution in [-0.2, 0) is 0 Å². The van der Waals surface area contributed by atoms with Gasteiger partial charge in [0.2, 0.25) is 0 Å². The van der Waals surface area contributed by atoms with Gasteiger partial charge in [-0.2, -0.15) is 0 Å². The van der Waals surface area contributed by atoms with Gasteiger partial charge in [0.05, 0.1) is 0 Å². The summed E-state index contributed by atoms with van der Waals surface area (Å²) in [6, 6.07) is 0. The summed E-state index contributed by atoms with van der Waals surface area (Å²) in [5.74, 6) is 0.725. The van der Waals surface area contributed by atoms with E-state index in [0.29, 0.717) is 5.41 Å². The molecule has 0 aliphatic heterocycles. The van der Waals surface area contributed by atoms with Gasteiger partial charge in [-0.25, -0.2) is 0 Å². The normalized spacial score (nSPS) is 19.9. The van der Waals surface area contributed by atoms with Crippen LogP contribution in [0, 0.1) is 11.3 Å². The van der Waals surface area contributed by atoms with E-state index in [-0.39, 0.29) is 0 Å². The summed E-state index contributed by atoms with van der Waals surface area (Å²) in [6.45, 7) is 12.1. The second-order valence-corrected chi connectivity index (χ2v) is 6.48. The third-order valence-corrected chi connectivity index (χ3v) is 3.44. The molecule has 0 saturated heterocycles. The number of allylic oxidation sites excluding steroid dienone is 1. The molecule has 0 atom stereocenters. The van der Waals surface area contributed by atoms with Crippen molar-refractivity contribution in [3.8, 4) is 0 Å². The second-order valence-electron chi connectivity index (χ2n) is 6.48. The summed E-state index contributed by atoms with van der Waals surface area (Å²) < 4.78 is 0. The lowest BCUT2D eigenvalue weighted by molar-refractivity contribution is 0.361. The van der Waals surface area contributed by atoms with Gasteiger partial charge in [0.15, 0.2) is 0 Å². The first kappa shape index (κ1) is 13.6. The zero-order valence-corrected chi connectivity index (χ0v) is 11.4. The monoisotopic (exact) mass is 223 g/mol. The minimum Gasteiger partial charge on any atom is -0.388 e. The maximum atomic E-state index is 4.24. The molecule has 16 heavy (non-hydrogen) atoms. The van der Waals surface area contributed by atoms with Gasteiger partial charge in [-0.1, -0.05) is 59.5 Å². The minimum atomic E-state index is 0.352. The van der Waals surface area contributed by atoms with Crippen LogP contribution in [0.2, 0.25) is 0 Å². The van der Waals surface area contributed by atoms with Gasteiger partial charge < -0.3 is 5.32 Å². The SMILES string of the molecule is C=C(NCC(C)(C)C)C1CCCCCCC1. The van der Waals surface area contributed by atoms with Crippen LogP contribution in [0.1, 0.15) is 65.7 Å². The zero-order chi connectivity index (χ0) is 12.0. The molecule has 1 N–H and O–H groups in total. The molecule has 0 heterocycles. The molecule has 0 amide bonds. The number of rotatable bonds is 3. The summed E-state index contributed by atoms with van der Waals surface area (Å²) in [5.41, 5.74) is 1.64. The molecular weight excluding hydrogens is 194 g/mol. The van der Waals surface area contributed by atoms with E-state index < -0.39 is 0 Å². The lowest BCUT2D eigenvalue weighted by Gasteiger charge is -2.26. The Hall–Kier alpha value is -0.460. The topological polar surface area (TPSA) is 12.0 Å². The fraction of sp³-hybridized carbons (Fsp3) is 0.867. The van der Waals surface area contributed by atoms with E-state index >= 15 is 0 Å². The highest BCUT2D eigenvalue weighted by atomic mass is 14.9. The Bertz CT molecular complexity index is 204. The molecule has 94 valence electrons. The predicted octanol–water partition coefficient (Wildman–Crippen LogP) is 4.50. The van der Waals surface area contributed by atoms with Crippen molar-refractivity contribution in [1.82, 2.24) is 5.32 Å². The summed E-state index contributed by atoms with van der Waals surface area (Å²) in [7, 11) is 0. The summed E-state index contributed by atoms with van der Waals surface area (Å²) in [5, 5.41) is 3.55. The van der Waals surface area contributed by atoms with Crippen molar-refractivity contribution in [2.24, 2.45) is 11.3 Å². The van der Waals surface area contributed by atoms with Crippen molar-refractivity contribution in [3.63, 3.8) is 0 Å². The molecule has 1 fully saturated rings. The maximum Gasteiger partial charge on any atom is 0.0192 e. The Kier molecular flexibility index (Phi) is 5.37. The quantitative estimate of drug-likeness (QED) is 0.743. The van der Waals surface area contributed by atoms with Crippen LogP contribution in [0.15, 0.2) is 12.3 Å². The summed E-state index contributed by atoms with van der Waals surface area (Å²) in [4.78, 5) is 0. The molecule has 0 radical (unpaired) electrons. The largest absolute Gasteiger partial charge is 0.388 e. The van der Waals surface area contributed by atoms with Gasteiger partial charge in [0.25, 0.3) is 0 Å². The molecule has 0 aromatic carbocycles. The van der Waals surface area contributed by atoms with E-state index in [1.54, 1.807) is 0 Å². The van der Waals surface area contributed by atoms with E-state index in [1.165, 1.54) is 50.6 Å². The zero-order valence-electron chi connectivity index (χ0n) is 11.4. The first-order valence-corrected chi connectivity index (χ1v) is 6.92. The standard InChI is InChI=1S/C15H29N/c1-13(16-12-15(2,3)4)14-10-8-6-5-7-9-11-14/h14,16H,1,5-12H2,2-4H3. The molecule has 1 heteroatoms. The molecule has 0 bridgehead atoms. The number of hydrogen-bond donors (Lipinski definition) is 1. The third kappa shape index (κ3) is 5.58. The van der Waals surface area contributed by atoms with Crippen LogP contribution in [0.3, 0.4) is 0 Å². The van der Waals surface area contributed by atoms with Gasteiger partial charge >= 0.3 is 0 Å². The highest BCUT2D eigenvalue weighted by Gasteiger charge is 2.16. The Morgan fingerprint density at radius 2 is 1.56 bits per heavy atom. The van der Waals surface area contributed by atoms with Crippen molar-refractivity contribution >= 4 is 0 Å². The van der Waals surface area contributed by atoms with Crippen LogP contribution in [0.5, 0.6) is 0 Å². The first-order valence-electron chi connectivity index (χ1n) is 6.92. The maximum absolute atomic E-state index is 4.24. The van der Waals surface area contributed by atoms with Crippen molar-refractivity contribution < 1.29 is 0 Å². The lowest BCUT2D eigenvalue weighted by atomic mass is 9.88. The molecular formula is C15H29N. The van der Waals surface area contributed by atoms with Crippen LogP contribution in [0.25, 0.3) is 0 Å². The Morgan fingerprint density at radius 1 is 1.06 bits per heavy atom. The predicted molar refractivity (Wildman–Crippen MR) is 72.4 cm³/mol. The molecule has 1 rings (SSSR count). The highest BCUT2D eigenvalue weighted by molar-refractivity contribution is 4.99. The lowest BCUT2D eigenvalue weighted by Crippen LogP contribution is -2.29. The Labute approximate surface area is 102 Å². The summed E-state index contributed by atoms with van der Waals surface area (Å²) in [6.07, 6.45) is 9.74. The molecule has 0 unspecified atom stereocenters. The average molecular weight is 223 g/mol. The van der Waals surface area contributed by atoms with Crippen LogP contribution >= 0.6 is 0 Å². The van der Waals surface area contributed by atoms with Crippen molar-refractivity contribution in [1.29, 1.82) is 0 Å². The second kappa shape index (κ2) is 6.32. The van der Waals surface area contributed by atoms with Gasteiger partial charge in [-0.05, 0) is 24.2 Å². The molecule has 1 saturated carbocycles. The van der Waals surface area contributed by atoms with E-state index in [4.69, 9.17) is 0 Å². The fourth-order valence-corrected chi connectivity index (χ4v) is 2.33. The number of nitrogens with one attached hydrogen (secondary N) is 1. The molecule has 0 spiro atoms. The van der Waals surface area contributed by atoms with Crippen molar-refractivity contribution in [2.75, 3.05) is 6.54 Å². The average Bonchev–Trinajstić information content (AvgIpc) is 2.12. The minimum absolute atomic E-state index is 0.352. The van der Waals surface area contributed by atoms with Gasteiger partial charge in [0, 0.05) is 12.2 Å². The smallest absolute Gasteiger partial charge is 0.0192 e. The van der Waals surface area contributed by atoms with Gasteiger partial charge in [-0.15, -0.1) is 0 Å². The Morgan fingerprint density at radius 3 is 2.06 bits per heavy atom. The van der Waals surface area contributed by atoms with Crippen molar-refractivity contribution in [3.05, 3.63) is 12.3 Å². The van der Waals surface area contributed by atoms with Gasteiger partial charge in [-0.3, -0.25) is 0 Å². The fourth-order valence-electron chi connectivity index (χ4n) is 2.33. The molecule has 1 aliphatic rings.